The molecule has 1 N–H and O–H groups in total. The Morgan fingerprint density at radius 2 is 1.70 bits per heavy atom. The Morgan fingerprint density at radius 3 is 2.25 bits per heavy atom. The molecule has 1 heterocycles. The lowest BCUT2D eigenvalue weighted by Gasteiger charge is -2.13. The van der Waals surface area contributed by atoms with E-state index in [4.69, 9.17) is 4.98 Å². The second kappa shape index (κ2) is 4.58. The molecule has 3 nitrogen and oxygen atoms in total. The fraction of sp³-hybridized carbons (Fsp3) is 0.412. The predicted octanol–water partition coefficient (Wildman–Crippen LogP) is 3.55. The summed E-state index contributed by atoms with van der Waals surface area (Å²) in [5.41, 5.74) is 6.29. The highest BCUT2D eigenvalue weighted by molar-refractivity contribution is 5.70. The molecule has 0 unspecified atom stereocenters. The minimum atomic E-state index is -0.00345. The van der Waals surface area contributed by atoms with Gasteiger partial charge < -0.3 is 4.98 Å². The summed E-state index contributed by atoms with van der Waals surface area (Å²) in [6, 6.07) is 4.31. The predicted molar refractivity (Wildman–Crippen MR) is 81.2 cm³/mol. The van der Waals surface area contributed by atoms with Crippen LogP contribution in [0.2, 0.25) is 0 Å². The smallest absolute Gasteiger partial charge is 0.254 e. The van der Waals surface area contributed by atoms with Gasteiger partial charge in [0.15, 0.2) is 0 Å². The van der Waals surface area contributed by atoms with Crippen LogP contribution in [-0.2, 0) is 0 Å². The maximum atomic E-state index is 12.2. The van der Waals surface area contributed by atoms with Crippen molar-refractivity contribution in [3.63, 3.8) is 0 Å². The first kappa shape index (κ1) is 13.1. The van der Waals surface area contributed by atoms with E-state index in [1.807, 2.05) is 6.92 Å². The zero-order valence-electron chi connectivity index (χ0n) is 12.5. The van der Waals surface area contributed by atoms with Gasteiger partial charge in [-0.2, -0.15) is 0 Å². The van der Waals surface area contributed by atoms with Crippen LogP contribution >= 0.6 is 0 Å². The average molecular weight is 268 g/mol. The molecule has 104 valence electrons. The summed E-state index contributed by atoms with van der Waals surface area (Å²) >= 11 is 0. The molecule has 1 fully saturated rings. The molecule has 0 aliphatic heterocycles. The van der Waals surface area contributed by atoms with Gasteiger partial charge in [0, 0.05) is 17.0 Å². The van der Waals surface area contributed by atoms with Crippen LogP contribution in [0.1, 0.15) is 46.8 Å². The minimum absolute atomic E-state index is 0.00345. The SMILES string of the molecule is Cc1cc(C)c(-c2nc(C3CC3)[nH]c(=O)c2C)c(C)c1. The van der Waals surface area contributed by atoms with E-state index in [1.54, 1.807) is 0 Å². The Bertz CT molecular complexity index is 716. The lowest BCUT2D eigenvalue weighted by Crippen LogP contribution is -2.16. The number of aromatic nitrogens is 2. The van der Waals surface area contributed by atoms with E-state index in [2.05, 4.69) is 37.9 Å². The monoisotopic (exact) mass is 268 g/mol. The topological polar surface area (TPSA) is 45.8 Å². The number of hydrogen-bond donors (Lipinski definition) is 1. The highest BCUT2D eigenvalue weighted by Crippen LogP contribution is 2.38. The number of aryl methyl sites for hydroxylation is 3. The third-order valence-electron chi connectivity index (χ3n) is 4.05. The summed E-state index contributed by atoms with van der Waals surface area (Å²) in [6.07, 6.45) is 2.27. The molecule has 1 aromatic carbocycles. The fourth-order valence-corrected chi connectivity index (χ4v) is 2.90. The van der Waals surface area contributed by atoms with Gasteiger partial charge in [0.2, 0.25) is 0 Å². The van der Waals surface area contributed by atoms with Crippen molar-refractivity contribution in [1.29, 1.82) is 0 Å². The van der Waals surface area contributed by atoms with Crippen LogP contribution in [0, 0.1) is 27.7 Å². The van der Waals surface area contributed by atoms with E-state index in [0.717, 1.165) is 29.9 Å². The summed E-state index contributed by atoms with van der Waals surface area (Å²) < 4.78 is 0. The molecule has 1 aromatic heterocycles. The molecule has 3 heteroatoms. The van der Waals surface area contributed by atoms with Gasteiger partial charge in [-0.15, -0.1) is 0 Å². The summed E-state index contributed by atoms with van der Waals surface area (Å²) in [7, 11) is 0. The third-order valence-corrected chi connectivity index (χ3v) is 4.05. The van der Waals surface area contributed by atoms with Crippen LogP contribution in [0.5, 0.6) is 0 Å². The van der Waals surface area contributed by atoms with Crippen LogP contribution in [0.3, 0.4) is 0 Å². The van der Waals surface area contributed by atoms with Gasteiger partial charge in [0.1, 0.15) is 5.82 Å². The maximum Gasteiger partial charge on any atom is 0.254 e. The zero-order valence-corrected chi connectivity index (χ0v) is 12.5. The molecule has 0 saturated heterocycles. The number of aromatic amines is 1. The first-order valence-electron chi connectivity index (χ1n) is 7.16. The van der Waals surface area contributed by atoms with Crippen molar-refractivity contribution in [2.45, 2.75) is 46.5 Å². The van der Waals surface area contributed by atoms with Crippen molar-refractivity contribution in [2.75, 3.05) is 0 Å². The van der Waals surface area contributed by atoms with E-state index in [9.17, 15) is 4.79 Å². The van der Waals surface area contributed by atoms with Crippen LogP contribution in [0.4, 0.5) is 0 Å². The van der Waals surface area contributed by atoms with Crippen molar-refractivity contribution < 1.29 is 0 Å². The van der Waals surface area contributed by atoms with E-state index >= 15 is 0 Å². The first-order valence-corrected chi connectivity index (χ1v) is 7.16. The largest absolute Gasteiger partial charge is 0.310 e. The van der Waals surface area contributed by atoms with Crippen LogP contribution in [0.15, 0.2) is 16.9 Å². The Balaban J connectivity index is 2.26. The van der Waals surface area contributed by atoms with Crippen molar-refractivity contribution in [1.82, 2.24) is 9.97 Å². The average Bonchev–Trinajstić information content (AvgIpc) is 3.17. The molecule has 0 atom stereocenters. The highest BCUT2D eigenvalue weighted by atomic mass is 16.1. The fourth-order valence-electron chi connectivity index (χ4n) is 2.90. The van der Waals surface area contributed by atoms with Crippen LogP contribution in [0.25, 0.3) is 11.3 Å². The van der Waals surface area contributed by atoms with Gasteiger partial charge >= 0.3 is 0 Å². The minimum Gasteiger partial charge on any atom is -0.310 e. The maximum absolute atomic E-state index is 12.2. The second-order valence-corrected chi connectivity index (χ2v) is 5.97. The van der Waals surface area contributed by atoms with Crippen LogP contribution < -0.4 is 5.56 Å². The molecule has 1 aliphatic carbocycles. The highest BCUT2D eigenvalue weighted by Gasteiger charge is 2.27. The Hall–Kier alpha value is -1.90. The van der Waals surface area contributed by atoms with E-state index in [0.29, 0.717) is 11.5 Å². The molecule has 0 spiro atoms. The van der Waals surface area contributed by atoms with Crippen molar-refractivity contribution in [3.8, 4) is 11.3 Å². The van der Waals surface area contributed by atoms with E-state index in [-0.39, 0.29) is 5.56 Å². The van der Waals surface area contributed by atoms with Crippen LogP contribution in [-0.4, -0.2) is 9.97 Å². The van der Waals surface area contributed by atoms with Crippen molar-refractivity contribution >= 4 is 0 Å². The molecule has 0 radical (unpaired) electrons. The summed E-state index contributed by atoms with van der Waals surface area (Å²) in [5.74, 6) is 1.31. The normalized spacial score (nSPS) is 14.6. The van der Waals surface area contributed by atoms with Gasteiger partial charge in [-0.05, 0) is 51.7 Å². The Labute approximate surface area is 119 Å². The molecular formula is C17H20N2O. The molecule has 2 aromatic rings. The first-order chi connectivity index (χ1) is 9.47. The van der Waals surface area contributed by atoms with Gasteiger partial charge in [0.05, 0.1) is 5.69 Å². The Kier molecular flexibility index (Phi) is 3.00. The standard InChI is InChI=1S/C17H20N2O/c1-9-7-10(2)14(11(3)8-9)15-12(4)17(20)19-16(18-15)13-5-6-13/h7-8,13H,5-6H2,1-4H3,(H,18,19,20). The number of nitrogens with one attached hydrogen (secondary N) is 1. The number of H-pyrrole nitrogens is 1. The summed E-state index contributed by atoms with van der Waals surface area (Å²) in [4.78, 5) is 19.9. The van der Waals surface area contributed by atoms with E-state index < -0.39 is 0 Å². The molecule has 20 heavy (non-hydrogen) atoms. The molecule has 1 saturated carbocycles. The van der Waals surface area contributed by atoms with E-state index in [1.165, 1.54) is 16.7 Å². The van der Waals surface area contributed by atoms with Crippen molar-refractivity contribution in [3.05, 3.63) is 50.6 Å². The molecule has 0 bridgehead atoms. The lowest BCUT2D eigenvalue weighted by atomic mass is 9.95. The van der Waals surface area contributed by atoms with Crippen molar-refractivity contribution in [2.24, 2.45) is 0 Å². The quantitative estimate of drug-likeness (QED) is 0.905. The summed E-state index contributed by atoms with van der Waals surface area (Å²) in [6.45, 7) is 8.14. The van der Waals surface area contributed by atoms with Gasteiger partial charge in [-0.25, -0.2) is 4.98 Å². The van der Waals surface area contributed by atoms with Gasteiger partial charge in [0.25, 0.3) is 5.56 Å². The molecule has 1 aliphatic rings. The van der Waals surface area contributed by atoms with Gasteiger partial charge in [-0.3, -0.25) is 4.79 Å². The number of benzene rings is 1. The number of nitrogens with zero attached hydrogens (tertiary/aromatic N) is 1. The second-order valence-electron chi connectivity index (χ2n) is 5.97. The summed E-state index contributed by atoms with van der Waals surface area (Å²) in [5, 5.41) is 0. The molecule has 3 rings (SSSR count). The number of hydrogen-bond acceptors (Lipinski definition) is 2. The molecular weight excluding hydrogens is 248 g/mol. The van der Waals surface area contributed by atoms with Gasteiger partial charge in [-0.1, -0.05) is 17.7 Å². The number of rotatable bonds is 2. The lowest BCUT2D eigenvalue weighted by molar-refractivity contribution is 0.899. The molecule has 0 amide bonds. The third kappa shape index (κ3) is 2.17. The Morgan fingerprint density at radius 1 is 1.10 bits per heavy atom. The zero-order chi connectivity index (χ0) is 14.4.